The molecule has 3 saturated heterocycles. The monoisotopic (exact) mass is 857 g/mol. The molecule has 6 aliphatic rings. The first-order valence-corrected chi connectivity index (χ1v) is 23.4. The van der Waals surface area contributed by atoms with Gasteiger partial charge in [0.25, 0.3) is 0 Å². The van der Waals surface area contributed by atoms with Gasteiger partial charge in [-0.2, -0.15) is 0 Å². The van der Waals surface area contributed by atoms with Crippen molar-refractivity contribution in [1.29, 1.82) is 0 Å². The molecular weight excluding hydrogens is 779 g/mol. The Morgan fingerprint density at radius 2 is 1.72 bits per heavy atom. The lowest BCUT2D eigenvalue weighted by atomic mass is 9.70. The fourth-order valence-corrected chi connectivity index (χ4v) is 11.3. The van der Waals surface area contributed by atoms with Crippen molar-refractivity contribution in [2.75, 3.05) is 34.5 Å². The third-order valence-corrected chi connectivity index (χ3v) is 15.0. The molecule has 3 aliphatic heterocycles. The van der Waals surface area contributed by atoms with E-state index in [2.05, 4.69) is 59.2 Å². The number of likely N-dealkylation sites (N-methyl/N-ethyl adjacent to an activating group) is 1. The van der Waals surface area contributed by atoms with Crippen LogP contribution in [0.4, 0.5) is 0 Å². The van der Waals surface area contributed by atoms with Gasteiger partial charge in [-0.25, -0.2) is 0 Å². The number of aliphatic hydroxyl groups excluding tert-OH is 1. The Hall–Kier alpha value is -2.45. The summed E-state index contributed by atoms with van der Waals surface area (Å²) in [6.07, 6.45) is 14.5. The SMILES string of the molecule is CC/C=C/[C@H]1CCC[C@H](OC2CCC([N+](C)(C)COC(=O)C(C)(C)C)C(C)O2)[C@@H](C)C(=O)C2=C[C@H]3[C@@H]4C[C@H](OC5OC(C)C(C)C(OC)C5CO)C[C@H]4C=C[C@H]3C2CC(=O)O1. The molecule has 1 N–H and O–H groups in total. The first-order chi connectivity index (χ1) is 28.9. The third-order valence-electron chi connectivity index (χ3n) is 15.0. The first kappa shape index (κ1) is 48.0. The van der Waals surface area contributed by atoms with E-state index in [1.807, 2.05) is 40.7 Å². The first-order valence-electron chi connectivity index (χ1n) is 23.4. The number of hydrogen-bond donors (Lipinski definition) is 1. The van der Waals surface area contributed by atoms with Crippen molar-refractivity contribution >= 4 is 17.7 Å². The molecule has 0 radical (unpaired) electrons. The number of Topliss-reactive ketones (excluding diaryl/α,β-unsaturated/α-hetero) is 1. The maximum absolute atomic E-state index is 14.9. The normalized spacial score (nSPS) is 41.2. The minimum absolute atomic E-state index is 0.0101. The van der Waals surface area contributed by atoms with E-state index in [-0.39, 0.29) is 115 Å². The minimum Gasteiger partial charge on any atom is -0.458 e. The van der Waals surface area contributed by atoms with Gasteiger partial charge >= 0.3 is 11.9 Å². The third kappa shape index (κ3) is 10.9. The Labute approximate surface area is 365 Å². The fraction of sp³-hybridized carbons (Fsp3) is 0.816. The Balaban J connectivity index is 1.19. The van der Waals surface area contributed by atoms with Crippen LogP contribution in [0.1, 0.15) is 113 Å². The standard InChI is InChI=1S/C49H78NO11/c1-12-13-15-33-16-14-17-42(61-44-21-20-41(31(5)57-44)50(9,10)27-56-48(54)49(6,7)8)29(3)45(53)39-24-37-35(38(39)25-43(52)59-33)19-18-32-22-34(23-36(32)37)60-47-40(26-51)46(55-11)28(2)30(4)58-47/h13,15,18-19,24,28-38,40-42,44,46-47,51H,12,14,16-17,20-23,25-27H2,1-11H3/q+1/b15-13+/t28?,29-,30?,31?,32-,33+,34-,35-,36-,37-,38?,40?,41?,42+,44?,46?,47?/m1/s1. The molecular formula is C49H78NO11+. The lowest BCUT2D eigenvalue weighted by Gasteiger charge is -2.45. The quantitative estimate of drug-likeness (QED) is 0.0970. The number of cyclic esters (lactones) is 1. The number of carbonyl (C=O) groups excluding carboxylic acids is 3. The number of aliphatic hydroxyl groups is 1. The molecule has 9 unspecified atom stereocenters. The Kier molecular flexibility index (Phi) is 15.9. The number of allylic oxidation sites excluding steroid dienone is 5. The van der Waals surface area contributed by atoms with Crippen LogP contribution in [-0.2, 0) is 47.5 Å². The van der Waals surface area contributed by atoms with E-state index in [0.29, 0.717) is 35.7 Å². The number of carbonyl (C=O) groups is 3. The molecule has 12 nitrogen and oxygen atoms in total. The van der Waals surface area contributed by atoms with Crippen molar-refractivity contribution in [2.45, 2.75) is 168 Å². The van der Waals surface area contributed by atoms with Crippen LogP contribution in [0.5, 0.6) is 0 Å². The number of ketones is 1. The molecule has 0 spiro atoms. The highest BCUT2D eigenvalue weighted by molar-refractivity contribution is 5.99. The van der Waals surface area contributed by atoms with E-state index < -0.39 is 30.0 Å². The van der Waals surface area contributed by atoms with E-state index in [4.69, 9.17) is 33.2 Å². The lowest BCUT2D eigenvalue weighted by Crippen LogP contribution is -2.58. The largest absolute Gasteiger partial charge is 0.458 e. The van der Waals surface area contributed by atoms with E-state index in [1.54, 1.807) is 7.11 Å². The summed E-state index contributed by atoms with van der Waals surface area (Å²) in [5.41, 5.74) is 0.138. The highest BCUT2D eigenvalue weighted by Crippen LogP contribution is 2.54. The zero-order chi connectivity index (χ0) is 44.4. The minimum atomic E-state index is -0.577. The van der Waals surface area contributed by atoms with Crippen molar-refractivity contribution in [2.24, 2.45) is 52.8 Å². The van der Waals surface area contributed by atoms with E-state index in [1.165, 1.54) is 0 Å². The van der Waals surface area contributed by atoms with Crippen LogP contribution >= 0.6 is 0 Å². The zero-order valence-corrected chi connectivity index (χ0v) is 39.0. The number of nitrogens with zero attached hydrogens (tertiary/aromatic N) is 1. The summed E-state index contributed by atoms with van der Waals surface area (Å²) >= 11 is 0. The fourth-order valence-electron chi connectivity index (χ4n) is 11.3. The molecule has 61 heavy (non-hydrogen) atoms. The van der Waals surface area contributed by atoms with Gasteiger partial charge in [-0.3, -0.25) is 18.9 Å². The Bertz CT molecular complexity index is 1620. The van der Waals surface area contributed by atoms with E-state index >= 15 is 0 Å². The van der Waals surface area contributed by atoms with Crippen LogP contribution in [-0.4, -0.2) is 117 Å². The summed E-state index contributed by atoms with van der Waals surface area (Å²) in [6.45, 7) is 16.0. The van der Waals surface area contributed by atoms with Crippen molar-refractivity contribution in [3.63, 3.8) is 0 Å². The molecule has 0 amide bonds. The maximum atomic E-state index is 14.9. The number of ether oxygens (including phenoxy) is 7. The summed E-state index contributed by atoms with van der Waals surface area (Å²) < 4.78 is 44.7. The van der Waals surface area contributed by atoms with Crippen LogP contribution in [0.3, 0.4) is 0 Å². The predicted octanol–water partition coefficient (Wildman–Crippen LogP) is 7.32. The molecule has 4 fully saturated rings. The van der Waals surface area contributed by atoms with Gasteiger partial charge in [0, 0.05) is 37.7 Å². The molecule has 0 aromatic heterocycles. The number of rotatable bonds is 11. The molecule has 0 aromatic carbocycles. The topological polar surface area (TPSA) is 136 Å². The number of esters is 2. The molecule has 1 saturated carbocycles. The highest BCUT2D eigenvalue weighted by Gasteiger charge is 2.52. The van der Waals surface area contributed by atoms with Crippen LogP contribution in [0, 0.1) is 52.8 Å². The second kappa shape index (κ2) is 20.2. The van der Waals surface area contributed by atoms with Gasteiger partial charge < -0.3 is 38.3 Å². The lowest BCUT2D eigenvalue weighted by molar-refractivity contribution is -0.936. The van der Waals surface area contributed by atoms with Crippen LogP contribution in [0.2, 0.25) is 0 Å². The van der Waals surface area contributed by atoms with E-state index in [9.17, 15) is 19.5 Å². The molecule has 17 atom stereocenters. The number of quaternary nitrogens is 1. The van der Waals surface area contributed by atoms with Gasteiger partial charge in [0.15, 0.2) is 18.4 Å². The molecule has 0 aromatic rings. The van der Waals surface area contributed by atoms with Crippen LogP contribution < -0.4 is 0 Å². The van der Waals surface area contributed by atoms with Crippen molar-refractivity contribution in [3.05, 3.63) is 36.0 Å². The molecule has 344 valence electrons. The zero-order valence-electron chi connectivity index (χ0n) is 39.0. The predicted molar refractivity (Wildman–Crippen MR) is 230 cm³/mol. The number of methoxy groups -OCH3 is 1. The molecule has 3 heterocycles. The smallest absolute Gasteiger partial charge is 0.315 e. The van der Waals surface area contributed by atoms with Gasteiger partial charge in [0.05, 0.1) is 62.9 Å². The summed E-state index contributed by atoms with van der Waals surface area (Å²) in [6, 6.07) is 0.0924. The van der Waals surface area contributed by atoms with E-state index in [0.717, 1.165) is 25.7 Å². The maximum Gasteiger partial charge on any atom is 0.315 e. The van der Waals surface area contributed by atoms with Gasteiger partial charge in [-0.1, -0.05) is 45.1 Å². The average Bonchev–Trinajstić information content (AvgIpc) is 3.79. The Morgan fingerprint density at radius 3 is 2.39 bits per heavy atom. The van der Waals surface area contributed by atoms with Gasteiger partial charge in [-0.05, 0) is 108 Å². The average molecular weight is 857 g/mol. The Morgan fingerprint density at radius 1 is 0.967 bits per heavy atom. The summed E-state index contributed by atoms with van der Waals surface area (Å²) in [5.74, 6) is -0.826. The van der Waals surface area contributed by atoms with Gasteiger partial charge in [0.1, 0.15) is 18.2 Å². The number of fused-ring (bicyclic) bond motifs is 5. The summed E-state index contributed by atoms with van der Waals surface area (Å²) in [7, 11) is 5.83. The summed E-state index contributed by atoms with van der Waals surface area (Å²) in [5, 5.41) is 10.4. The van der Waals surface area contributed by atoms with Crippen LogP contribution in [0.15, 0.2) is 36.0 Å². The van der Waals surface area contributed by atoms with Gasteiger partial charge in [-0.15, -0.1) is 0 Å². The highest BCUT2D eigenvalue weighted by atomic mass is 16.7. The molecule has 0 bridgehead atoms. The molecule has 6 rings (SSSR count). The van der Waals surface area contributed by atoms with Crippen molar-refractivity contribution < 1.29 is 57.1 Å². The van der Waals surface area contributed by atoms with Crippen LogP contribution in [0.25, 0.3) is 0 Å². The van der Waals surface area contributed by atoms with Gasteiger partial charge in [0.2, 0.25) is 6.73 Å². The van der Waals surface area contributed by atoms with Crippen molar-refractivity contribution in [1.82, 2.24) is 0 Å². The number of hydrogen-bond acceptors (Lipinski definition) is 11. The molecule has 3 aliphatic carbocycles. The van der Waals surface area contributed by atoms with Crippen molar-refractivity contribution in [3.8, 4) is 0 Å². The second-order valence-electron chi connectivity index (χ2n) is 20.8. The second-order valence-corrected chi connectivity index (χ2v) is 20.8. The summed E-state index contributed by atoms with van der Waals surface area (Å²) in [4.78, 5) is 41.3. The molecule has 12 heteroatoms.